The van der Waals surface area contributed by atoms with Crippen molar-refractivity contribution < 1.29 is 0 Å². The number of hydrogen-bond acceptors (Lipinski definition) is 2. The first-order valence-corrected chi connectivity index (χ1v) is 10.4. The predicted molar refractivity (Wildman–Crippen MR) is 122 cm³/mol. The minimum absolute atomic E-state index is 0.248. The summed E-state index contributed by atoms with van der Waals surface area (Å²) in [5.74, 6) is 1.56. The molecule has 0 aromatic heterocycles. The van der Waals surface area contributed by atoms with Crippen molar-refractivity contribution in [2.75, 3.05) is 23.7 Å². The van der Waals surface area contributed by atoms with E-state index in [2.05, 4.69) is 103 Å². The molecule has 1 heterocycles. The molecule has 0 saturated carbocycles. The van der Waals surface area contributed by atoms with Crippen LogP contribution in [0.2, 0.25) is 0 Å². The molecule has 0 fully saturated rings. The number of fused-ring (bicyclic) bond motifs is 1. The molecule has 0 bridgehead atoms. The number of benzene rings is 2. The summed E-state index contributed by atoms with van der Waals surface area (Å²) in [5, 5.41) is 0. The fourth-order valence-electron chi connectivity index (χ4n) is 4.43. The van der Waals surface area contributed by atoms with E-state index in [1.54, 1.807) is 0 Å². The van der Waals surface area contributed by atoms with Crippen LogP contribution >= 0.6 is 0 Å². The second kappa shape index (κ2) is 7.26. The van der Waals surface area contributed by atoms with Gasteiger partial charge < -0.3 is 9.62 Å². The highest BCUT2D eigenvalue weighted by Gasteiger charge is 2.41. The first kappa shape index (κ1) is 19.9. The van der Waals surface area contributed by atoms with E-state index in [9.17, 15) is 0 Å². The molecule has 2 aromatic rings. The third-order valence-corrected chi connectivity index (χ3v) is 6.06. The van der Waals surface area contributed by atoms with Crippen LogP contribution in [0.25, 0.3) is 0 Å². The molecule has 144 valence electrons. The molecule has 2 aromatic carbocycles. The van der Waals surface area contributed by atoms with Crippen LogP contribution in [-0.4, -0.2) is 21.1 Å². The third-order valence-electron chi connectivity index (χ3n) is 6.06. The van der Waals surface area contributed by atoms with Gasteiger partial charge in [0.25, 0.3) is 0 Å². The van der Waals surface area contributed by atoms with Crippen molar-refractivity contribution in [2.45, 2.75) is 66.2 Å². The van der Waals surface area contributed by atoms with Gasteiger partial charge >= 0.3 is 6.98 Å². The van der Waals surface area contributed by atoms with E-state index in [0.29, 0.717) is 17.8 Å². The zero-order chi connectivity index (χ0) is 20.0. The Labute approximate surface area is 166 Å². The smallest absolute Gasteiger partial charge is 0.393 e. The highest BCUT2D eigenvalue weighted by atomic mass is 15.3. The molecule has 0 aliphatic carbocycles. The van der Waals surface area contributed by atoms with Crippen LogP contribution < -0.4 is 15.1 Å². The second-order valence-corrected chi connectivity index (χ2v) is 9.16. The lowest BCUT2D eigenvalue weighted by molar-refractivity contribution is 0.811. The summed E-state index contributed by atoms with van der Waals surface area (Å²) in [6.45, 7) is 16.4. The van der Waals surface area contributed by atoms with E-state index < -0.39 is 0 Å². The van der Waals surface area contributed by atoms with Crippen LogP contribution in [0.3, 0.4) is 0 Å². The summed E-state index contributed by atoms with van der Waals surface area (Å²) >= 11 is 0. The SMILES string of the molecule is Cc1ccc2c(c1)N(C)B(c1c(C(C)C)cc(C(C)C)cc1C(C)C)N2C. The van der Waals surface area contributed by atoms with Crippen LogP contribution in [0.1, 0.15) is 81.5 Å². The Hall–Kier alpha value is -1.90. The predicted octanol–water partition coefficient (Wildman–Crippen LogP) is 5.65. The molecular weight excluding hydrogens is 327 g/mol. The van der Waals surface area contributed by atoms with Gasteiger partial charge in [-0.25, -0.2) is 0 Å². The first-order chi connectivity index (χ1) is 12.6. The molecule has 0 N–H and O–H groups in total. The highest BCUT2D eigenvalue weighted by molar-refractivity contribution is 6.82. The summed E-state index contributed by atoms with van der Waals surface area (Å²) in [5.41, 5.74) is 9.94. The molecular formula is C24H35BN2. The molecule has 27 heavy (non-hydrogen) atoms. The topological polar surface area (TPSA) is 6.48 Å². The molecule has 2 nitrogen and oxygen atoms in total. The van der Waals surface area contributed by atoms with E-state index in [-0.39, 0.29) is 6.98 Å². The van der Waals surface area contributed by atoms with Gasteiger partial charge in [-0.3, -0.25) is 0 Å². The summed E-state index contributed by atoms with van der Waals surface area (Å²) in [7, 11) is 4.49. The fraction of sp³-hybridized carbons (Fsp3) is 0.500. The van der Waals surface area contributed by atoms with Crippen molar-refractivity contribution in [1.29, 1.82) is 0 Å². The third kappa shape index (κ3) is 3.37. The van der Waals surface area contributed by atoms with Crippen molar-refractivity contribution in [3.8, 4) is 0 Å². The largest absolute Gasteiger partial charge is 0.411 e. The van der Waals surface area contributed by atoms with Crippen LogP contribution in [0, 0.1) is 6.92 Å². The number of aryl methyl sites for hydroxylation is 1. The molecule has 0 amide bonds. The number of hydrogen-bond donors (Lipinski definition) is 0. The van der Waals surface area contributed by atoms with Gasteiger partial charge in [0.15, 0.2) is 0 Å². The van der Waals surface area contributed by atoms with Crippen LogP contribution in [-0.2, 0) is 0 Å². The lowest BCUT2D eigenvalue weighted by Crippen LogP contribution is -2.56. The number of nitrogens with zero attached hydrogens (tertiary/aromatic N) is 2. The Morgan fingerprint density at radius 1 is 0.704 bits per heavy atom. The zero-order valence-electron chi connectivity index (χ0n) is 18.6. The van der Waals surface area contributed by atoms with Crippen LogP contribution in [0.4, 0.5) is 11.4 Å². The summed E-state index contributed by atoms with van der Waals surface area (Å²) < 4.78 is 0. The lowest BCUT2D eigenvalue weighted by Gasteiger charge is -2.31. The zero-order valence-corrected chi connectivity index (χ0v) is 18.6. The van der Waals surface area contributed by atoms with Crippen molar-refractivity contribution in [3.63, 3.8) is 0 Å². The van der Waals surface area contributed by atoms with Gasteiger partial charge in [0.2, 0.25) is 0 Å². The normalized spacial score (nSPS) is 14.1. The fourth-order valence-corrected chi connectivity index (χ4v) is 4.43. The Morgan fingerprint density at radius 3 is 1.70 bits per heavy atom. The molecule has 1 aliphatic rings. The van der Waals surface area contributed by atoms with Crippen molar-refractivity contribution in [1.82, 2.24) is 0 Å². The van der Waals surface area contributed by atoms with Crippen LogP contribution in [0.5, 0.6) is 0 Å². The Morgan fingerprint density at radius 2 is 1.22 bits per heavy atom. The lowest BCUT2D eigenvalue weighted by atomic mass is 9.59. The molecule has 3 heteroatoms. The minimum atomic E-state index is 0.248. The van der Waals surface area contributed by atoms with Gasteiger partial charge in [-0.15, -0.1) is 0 Å². The first-order valence-electron chi connectivity index (χ1n) is 10.4. The summed E-state index contributed by atoms with van der Waals surface area (Å²) in [6, 6.07) is 11.7. The average Bonchev–Trinajstić information content (AvgIpc) is 2.83. The van der Waals surface area contributed by atoms with Gasteiger partial charge in [-0.05, 0) is 78.6 Å². The quantitative estimate of drug-likeness (QED) is 0.649. The second-order valence-electron chi connectivity index (χ2n) is 9.16. The Balaban J connectivity index is 2.24. The average molecular weight is 362 g/mol. The number of anilines is 2. The monoisotopic (exact) mass is 362 g/mol. The van der Waals surface area contributed by atoms with Gasteiger partial charge in [0.05, 0.1) is 0 Å². The van der Waals surface area contributed by atoms with Crippen molar-refractivity contribution in [3.05, 3.63) is 52.6 Å². The molecule has 0 spiro atoms. The number of rotatable bonds is 4. The van der Waals surface area contributed by atoms with E-state index in [1.165, 1.54) is 39.1 Å². The maximum absolute atomic E-state index is 2.46. The molecule has 0 radical (unpaired) electrons. The van der Waals surface area contributed by atoms with Gasteiger partial charge in [0.1, 0.15) is 0 Å². The van der Waals surface area contributed by atoms with Gasteiger partial charge in [-0.1, -0.05) is 59.7 Å². The standard InChI is InChI=1S/C24H35BN2/c1-15(2)19-13-20(16(3)4)24(21(14-19)17(5)6)25-26(8)22-11-10-18(7)12-23(22)27(25)9/h10-17H,1-9H3. The maximum Gasteiger partial charge on any atom is 0.411 e. The van der Waals surface area contributed by atoms with Crippen molar-refractivity contribution in [2.24, 2.45) is 0 Å². The molecule has 3 rings (SSSR count). The van der Waals surface area contributed by atoms with Gasteiger partial charge in [0, 0.05) is 11.4 Å². The van der Waals surface area contributed by atoms with E-state index >= 15 is 0 Å². The Kier molecular flexibility index (Phi) is 5.34. The van der Waals surface area contributed by atoms with E-state index in [0.717, 1.165) is 0 Å². The Bertz CT molecular complexity index is 809. The molecule has 0 atom stereocenters. The van der Waals surface area contributed by atoms with Crippen LogP contribution in [0.15, 0.2) is 30.3 Å². The highest BCUT2D eigenvalue weighted by Crippen LogP contribution is 2.38. The minimum Gasteiger partial charge on any atom is -0.393 e. The molecule has 0 unspecified atom stereocenters. The maximum atomic E-state index is 2.46. The summed E-state index contributed by atoms with van der Waals surface area (Å²) in [6.07, 6.45) is 0. The summed E-state index contributed by atoms with van der Waals surface area (Å²) in [4.78, 5) is 4.92. The van der Waals surface area contributed by atoms with E-state index in [4.69, 9.17) is 0 Å². The van der Waals surface area contributed by atoms with Crippen molar-refractivity contribution >= 4 is 23.8 Å². The van der Waals surface area contributed by atoms with Gasteiger partial charge in [-0.2, -0.15) is 0 Å². The molecule has 0 saturated heterocycles. The molecule has 1 aliphatic heterocycles. The van der Waals surface area contributed by atoms with E-state index in [1.807, 2.05) is 0 Å².